The molecule has 12 heteroatoms. The first-order chi connectivity index (χ1) is 19.6. The number of aromatic amines is 2. The number of benzene rings is 1. The van der Waals surface area contributed by atoms with Crippen molar-refractivity contribution in [3.63, 3.8) is 0 Å². The van der Waals surface area contributed by atoms with E-state index in [1.807, 2.05) is 18.2 Å². The zero-order valence-electron chi connectivity index (χ0n) is 21.1. The number of rotatable bonds is 4. The molecule has 0 unspecified atom stereocenters. The molecule has 0 atom stereocenters. The first-order valence-electron chi connectivity index (χ1n) is 12.7. The number of carbonyl (C=O) groups excluding carboxylic acids is 1. The predicted octanol–water partition coefficient (Wildman–Crippen LogP) is 4.63. The van der Waals surface area contributed by atoms with Crippen LogP contribution in [-0.4, -0.2) is 72.4 Å². The van der Waals surface area contributed by atoms with Crippen LogP contribution in [0.4, 0.5) is 14.9 Å². The van der Waals surface area contributed by atoms with Crippen molar-refractivity contribution in [3.05, 3.63) is 73.1 Å². The first kappa shape index (κ1) is 23.9. The number of nitrogens with one attached hydrogen (secondary N) is 3. The average Bonchev–Trinajstić information content (AvgIpc) is 3.62. The smallest absolute Gasteiger partial charge is 0.322 e. The highest BCUT2D eigenvalue weighted by Crippen LogP contribution is 2.32. The predicted molar refractivity (Wildman–Crippen MR) is 147 cm³/mol. The Morgan fingerprint density at radius 3 is 2.62 bits per heavy atom. The van der Waals surface area contributed by atoms with Crippen molar-refractivity contribution in [2.24, 2.45) is 0 Å². The number of urea groups is 1. The number of anilines is 1. The number of aromatic nitrogens is 7. The summed E-state index contributed by atoms with van der Waals surface area (Å²) in [5, 5.41) is 11.1. The molecule has 0 radical (unpaired) electrons. The highest BCUT2D eigenvalue weighted by atomic mass is 19.1. The Morgan fingerprint density at radius 1 is 0.950 bits per heavy atom. The van der Waals surface area contributed by atoms with Crippen LogP contribution < -0.4 is 5.32 Å². The van der Waals surface area contributed by atoms with Gasteiger partial charge in [-0.2, -0.15) is 5.10 Å². The van der Waals surface area contributed by atoms with E-state index in [9.17, 15) is 9.18 Å². The molecule has 40 heavy (non-hydrogen) atoms. The van der Waals surface area contributed by atoms with Gasteiger partial charge in [-0.25, -0.2) is 24.1 Å². The van der Waals surface area contributed by atoms with Crippen molar-refractivity contribution in [3.8, 4) is 33.8 Å². The summed E-state index contributed by atoms with van der Waals surface area (Å²) in [4.78, 5) is 35.7. The van der Waals surface area contributed by atoms with Crippen LogP contribution in [0, 0.1) is 5.82 Å². The van der Waals surface area contributed by atoms with Crippen molar-refractivity contribution >= 4 is 33.9 Å². The van der Waals surface area contributed by atoms with Crippen LogP contribution in [0.3, 0.4) is 0 Å². The van der Waals surface area contributed by atoms with Gasteiger partial charge in [0.05, 0.1) is 30.5 Å². The molecule has 0 spiro atoms. The van der Waals surface area contributed by atoms with Gasteiger partial charge in [0.25, 0.3) is 0 Å². The lowest BCUT2D eigenvalue weighted by molar-refractivity contribution is 0.0564. The normalized spacial score (nSPS) is 13.7. The van der Waals surface area contributed by atoms with Gasteiger partial charge in [-0.05, 0) is 35.9 Å². The lowest BCUT2D eigenvalue weighted by Crippen LogP contribution is -2.43. The van der Waals surface area contributed by atoms with Crippen molar-refractivity contribution in [2.75, 3.05) is 31.6 Å². The zero-order chi connectivity index (χ0) is 27.1. The van der Waals surface area contributed by atoms with E-state index in [1.54, 1.807) is 41.8 Å². The van der Waals surface area contributed by atoms with Gasteiger partial charge in [0.2, 0.25) is 0 Å². The Kier molecular flexibility index (Phi) is 5.86. The number of nitrogens with zero attached hydrogens (tertiary/aromatic N) is 6. The number of fused-ring (bicyclic) bond motifs is 2. The van der Waals surface area contributed by atoms with Crippen LogP contribution in [0.15, 0.2) is 67.3 Å². The molecule has 198 valence electrons. The molecule has 1 aromatic carbocycles. The van der Waals surface area contributed by atoms with Gasteiger partial charge in [-0.3, -0.25) is 10.1 Å². The van der Waals surface area contributed by atoms with Crippen molar-refractivity contribution in [1.82, 2.24) is 40.0 Å². The summed E-state index contributed by atoms with van der Waals surface area (Å²) in [7, 11) is 0. The van der Waals surface area contributed by atoms with Gasteiger partial charge in [0, 0.05) is 48.4 Å². The summed E-state index contributed by atoms with van der Waals surface area (Å²) in [5.41, 5.74) is 6.23. The maximum absolute atomic E-state index is 13.5. The van der Waals surface area contributed by atoms with Crippen LogP contribution in [0.25, 0.3) is 56.0 Å². The Morgan fingerprint density at radius 2 is 1.77 bits per heavy atom. The van der Waals surface area contributed by atoms with Crippen molar-refractivity contribution in [1.29, 1.82) is 0 Å². The van der Waals surface area contributed by atoms with Crippen LogP contribution >= 0.6 is 0 Å². The Balaban J connectivity index is 1.22. The minimum atomic E-state index is -0.303. The molecular weight excluding hydrogens is 513 g/mol. The average molecular weight is 536 g/mol. The number of morpholine rings is 1. The van der Waals surface area contributed by atoms with Gasteiger partial charge >= 0.3 is 6.03 Å². The molecule has 3 N–H and O–H groups in total. The van der Waals surface area contributed by atoms with E-state index in [1.165, 1.54) is 12.1 Å². The van der Waals surface area contributed by atoms with Crippen molar-refractivity contribution in [2.45, 2.75) is 0 Å². The largest absolute Gasteiger partial charge is 0.378 e. The summed E-state index contributed by atoms with van der Waals surface area (Å²) in [6, 6.07) is 11.7. The Hall–Kier alpha value is -5.23. The van der Waals surface area contributed by atoms with E-state index in [-0.39, 0.29) is 11.8 Å². The molecule has 11 nitrogen and oxygen atoms in total. The third-order valence-electron chi connectivity index (χ3n) is 6.80. The molecule has 1 aliphatic heterocycles. The molecule has 1 saturated heterocycles. The number of hydrogen-bond acceptors (Lipinski definition) is 7. The second kappa shape index (κ2) is 9.82. The molecule has 0 bridgehead atoms. The number of pyridine rings is 3. The van der Waals surface area contributed by atoms with Crippen LogP contribution in [-0.2, 0) is 4.74 Å². The molecule has 6 aromatic rings. The quantitative estimate of drug-likeness (QED) is 0.299. The number of amides is 2. The molecule has 5 aromatic heterocycles. The minimum Gasteiger partial charge on any atom is -0.378 e. The van der Waals surface area contributed by atoms with Gasteiger partial charge < -0.3 is 19.9 Å². The van der Waals surface area contributed by atoms with Crippen LogP contribution in [0.2, 0.25) is 0 Å². The fraction of sp³-hybridized carbons (Fsp3) is 0.143. The number of ether oxygens (including phenoxy) is 1. The maximum atomic E-state index is 13.5. The Labute approximate surface area is 226 Å². The molecule has 2 amide bonds. The number of halogens is 1. The van der Waals surface area contributed by atoms with Gasteiger partial charge in [-0.15, -0.1) is 0 Å². The van der Waals surface area contributed by atoms with E-state index in [4.69, 9.17) is 9.72 Å². The van der Waals surface area contributed by atoms with E-state index >= 15 is 0 Å². The third kappa shape index (κ3) is 4.39. The molecule has 6 heterocycles. The summed E-state index contributed by atoms with van der Waals surface area (Å²) in [6.45, 7) is 2.15. The summed E-state index contributed by atoms with van der Waals surface area (Å²) < 4.78 is 18.8. The monoisotopic (exact) mass is 535 g/mol. The molecule has 1 aliphatic rings. The van der Waals surface area contributed by atoms with E-state index in [0.717, 1.165) is 27.6 Å². The highest BCUT2D eigenvalue weighted by molar-refractivity contribution is 5.96. The summed E-state index contributed by atoms with van der Waals surface area (Å²) in [5.74, 6) is 0.218. The van der Waals surface area contributed by atoms with Crippen LogP contribution in [0.5, 0.6) is 0 Å². The molecule has 7 rings (SSSR count). The first-order valence-corrected chi connectivity index (χ1v) is 12.7. The molecule has 0 saturated carbocycles. The van der Waals surface area contributed by atoms with E-state index in [0.29, 0.717) is 60.3 Å². The maximum Gasteiger partial charge on any atom is 0.322 e. The van der Waals surface area contributed by atoms with Crippen molar-refractivity contribution < 1.29 is 13.9 Å². The van der Waals surface area contributed by atoms with E-state index in [2.05, 4.69) is 35.5 Å². The molecular formula is C28H22FN9O2. The minimum absolute atomic E-state index is 0.188. The molecule has 0 aliphatic carbocycles. The number of imidazole rings is 1. The van der Waals surface area contributed by atoms with Gasteiger partial charge in [-0.1, -0.05) is 12.1 Å². The zero-order valence-corrected chi connectivity index (χ0v) is 21.1. The summed E-state index contributed by atoms with van der Waals surface area (Å²) in [6.07, 6.45) is 6.73. The lowest BCUT2D eigenvalue weighted by atomic mass is 10.1. The molecule has 1 fully saturated rings. The summed E-state index contributed by atoms with van der Waals surface area (Å²) >= 11 is 0. The van der Waals surface area contributed by atoms with Crippen LogP contribution in [0.1, 0.15) is 0 Å². The van der Waals surface area contributed by atoms with E-state index < -0.39 is 0 Å². The second-order valence-corrected chi connectivity index (χ2v) is 9.33. The number of H-pyrrole nitrogens is 2. The van der Waals surface area contributed by atoms with Gasteiger partial charge in [0.15, 0.2) is 17.1 Å². The highest BCUT2D eigenvalue weighted by Gasteiger charge is 2.19. The fourth-order valence-electron chi connectivity index (χ4n) is 4.76. The SMILES string of the molecule is O=C(Nc1cncc(-c2cnc3[nH]nc(-c4nc5c(-c6ccc(F)cc6)ccnc5[nH]4)c3c2)c1)N1CCOCC1. The second-order valence-electron chi connectivity index (χ2n) is 9.33. The fourth-order valence-corrected chi connectivity index (χ4v) is 4.76. The third-order valence-corrected chi connectivity index (χ3v) is 6.80. The standard InChI is InChI=1S/C28H22FN9O2/c29-19-3-1-16(2-4-19)21-5-6-31-26-23(21)34-27(35-26)24-22-12-18(14-32-25(22)37-36-24)17-11-20(15-30-13-17)33-28(39)38-7-9-40-10-8-38/h1-6,11-15H,7-10H2,(H,33,39)(H,31,34,35)(H,32,36,37). The number of hydrogen-bond donors (Lipinski definition) is 3. The topological polar surface area (TPSA) is 138 Å². The Bertz CT molecular complexity index is 1860. The number of carbonyl (C=O) groups is 1. The van der Waals surface area contributed by atoms with Gasteiger partial charge in [0.1, 0.15) is 17.0 Å². The lowest BCUT2D eigenvalue weighted by Gasteiger charge is -2.26.